The van der Waals surface area contributed by atoms with Crippen LogP contribution in [0.3, 0.4) is 0 Å². The molecule has 1 aromatic heterocycles. The molecule has 0 spiro atoms. The van der Waals surface area contributed by atoms with Crippen molar-refractivity contribution in [2.24, 2.45) is 0 Å². The van der Waals surface area contributed by atoms with E-state index in [2.05, 4.69) is 108 Å². The largest absolute Gasteiger partial charge is 0.278 e. The normalized spacial score (nSPS) is 15.4. The van der Waals surface area contributed by atoms with Crippen LogP contribution in [0.5, 0.6) is 0 Å². The van der Waals surface area contributed by atoms with Crippen molar-refractivity contribution >= 4 is 0 Å². The molecule has 0 aliphatic carbocycles. The summed E-state index contributed by atoms with van der Waals surface area (Å²) < 4.78 is 4.59. The topological polar surface area (TPSA) is 21.7 Å². The molecule has 1 unspecified atom stereocenters. The molecular weight excluding hydrogens is 378 g/mol. The molecule has 0 N–H and O–H groups in total. The Morgan fingerprint density at radius 3 is 1.97 bits per heavy atom. The summed E-state index contributed by atoms with van der Waals surface area (Å²) in [5.41, 5.74) is 6.73. The summed E-state index contributed by atoms with van der Waals surface area (Å²) in [4.78, 5) is 0. The van der Waals surface area contributed by atoms with Gasteiger partial charge in [0.05, 0.1) is 6.04 Å². The van der Waals surface area contributed by atoms with Gasteiger partial charge in [0, 0.05) is 17.4 Å². The van der Waals surface area contributed by atoms with Crippen LogP contribution in [0.1, 0.15) is 60.3 Å². The molecule has 0 amide bonds. The molecule has 1 atom stereocenters. The van der Waals surface area contributed by atoms with Gasteiger partial charge in [-0.15, -0.1) is 0 Å². The van der Waals surface area contributed by atoms with E-state index in [-0.39, 0.29) is 0 Å². The van der Waals surface area contributed by atoms with Crippen LogP contribution < -0.4 is 4.57 Å². The van der Waals surface area contributed by atoms with Crippen molar-refractivity contribution < 1.29 is 4.57 Å². The van der Waals surface area contributed by atoms with E-state index in [9.17, 15) is 0 Å². The van der Waals surface area contributed by atoms with Crippen LogP contribution in [-0.2, 0) is 19.3 Å². The second kappa shape index (κ2) is 8.50. The van der Waals surface area contributed by atoms with Gasteiger partial charge < -0.3 is 0 Å². The van der Waals surface area contributed by atoms with Crippen molar-refractivity contribution in [3.8, 4) is 5.69 Å². The van der Waals surface area contributed by atoms with Gasteiger partial charge in [-0.3, -0.25) is 0 Å². The van der Waals surface area contributed by atoms with E-state index >= 15 is 0 Å². The standard InChI is InChI=1S/C28H30N3/c1-3-21-16-11-17-22(4-2)28(21)31-20-30-25(18-19-26(30)29-31)27(23-12-7-5-8-13-23)24-14-9-6-10-15-24/h5-17,20,25,27H,3-4,18-19H2,1-2H3/q+1. The van der Waals surface area contributed by atoms with Crippen LogP contribution in [0.2, 0.25) is 0 Å². The fourth-order valence-electron chi connectivity index (χ4n) is 5.16. The molecule has 31 heavy (non-hydrogen) atoms. The van der Waals surface area contributed by atoms with E-state index < -0.39 is 0 Å². The van der Waals surface area contributed by atoms with Gasteiger partial charge in [-0.2, -0.15) is 0 Å². The number of hydrogen-bond acceptors (Lipinski definition) is 1. The lowest BCUT2D eigenvalue weighted by molar-refractivity contribution is -0.718. The molecule has 3 heteroatoms. The Hall–Kier alpha value is -3.20. The highest BCUT2D eigenvalue weighted by molar-refractivity contribution is 5.47. The van der Waals surface area contributed by atoms with Crippen molar-refractivity contribution in [3.63, 3.8) is 0 Å². The summed E-state index contributed by atoms with van der Waals surface area (Å²) >= 11 is 0. The van der Waals surface area contributed by atoms with Crippen molar-refractivity contribution in [2.75, 3.05) is 0 Å². The van der Waals surface area contributed by atoms with Crippen LogP contribution >= 0.6 is 0 Å². The average molecular weight is 409 g/mol. The zero-order valence-electron chi connectivity index (χ0n) is 18.4. The summed E-state index contributed by atoms with van der Waals surface area (Å²) in [6, 6.07) is 28.9. The lowest BCUT2D eigenvalue weighted by atomic mass is 9.84. The molecule has 1 aliphatic heterocycles. The van der Waals surface area contributed by atoms with E-state index in [1.54, 1.807) is 0 Å². The van der Waals surface area contributed by atoms with E-state index in [1.807, 2.05) is 0 Å². The first-order valence-electron chi connectivity index (χ1n) is 11.5. The van der Waals surface area contributed by atoms with E-state index in [1.165, 1.54) is 33.8 Å². The van der Waals surface area contributed by atoms with Gasteiger partial charge >= 0.3 is 0 Å². The minimum Gasteiger partial charge on any atom is -0.230 e. The smallest absolute Gasteiger partial charge is 0.230 e. The maximum absolute atomic E-state index is 5.08. The highest BCUT2D eigenvalue weighted by Gasteiger charge is 2.38. The molecule has 1 aliphatic rings. The van der Waals surface area contributed by atoms with Gasteiger partial charge in [0.2, 0.25) is 6.33 Å². The Bertz CT molecular complexity index is 1100. The zero-order valence-corrected chi connectivity index (χ0v) is 18.4. The number of para-hydroxylation sites is 1. The number of rotatable bonds is 6. The first-order valence-corrected chi connectivity index (χ1v) is 11.5. The van der Waals surface area contributed by atoms with Crippen LogP contribution in [0, 0.1) is 0 Å². The van der Waals surface area contributed by atoms with E-state index in [4.69, 9.17) is 5.10 Å². The second-order valence-electron chi connectivity index (χ2n) is 8.42. The number of aryl methyl sites for hydroxylation is 3. The minimum absolute atomic E-state index is 0.318. The molecule has 4 aromatic rings. The van der Waals surface area contributed by atoms with Crippen LogP contribution in [0.15, 0.2) is 85.2 Å². The highest BCUT2D eigenvalue weighted by atomic mass is 15.4. The lowest BCUT2D eigenvalue weighted by Crippen LogP contribution is -2.40. The fraction of sp³-hybridized carbons (Fsp3) is 0.286. The first kappa shape index (κ1) is 19.7. The van der Waals surface area contributed by atoms with Crippen molar-refractivity contribution in [3.05, 3.63) is 113 Å². The van der Waals surface area contributed by atoms with Gasteiger partial charge in [0.1, 0.15) is 5.69 Å². The number of aromatic nitrogens is 3. The SMILES string of the molecule is CCc1cccc(CC)c1-n1c[n+]2c(n1)CCC2C(c1ccccc1)c1ccccc1. The van der Waals surface area contributed by atoms with E-state index in [0.717, 1.165) is 25.7 Å². The molecule has 3 nitrogen and oxygen atoms in total. The summed E-state index contributed by atoms with van der Waals surface area (Å²) in [5, 5.41) is 5.08. The monoisotopic (exact) mass is 408 g/mol. The van der Waals surface area contributed by atoms with Gasteiger partial charge in [-0.05, 0) is 41.5 Å². The summed E-state index contributed by atoms with van der Waals surface area (Å²) in [7, 11) is 0. The second-order valence-corrected chi connectivity index (χ2v) is 8.42. The molecule has 156 valence electrons. The Morgan fingerprint density at radius 1 is 0.839 bits per heavy atom. The Balaban J connectivity index is 1.61. The molecule has 3 aromatic carbocycles. The van der Waals surface area contributed by atoms with Crippen LogP contribution in [-0.4, -0.2) is 9.78 Å². The molecule has 2 heterocycles. The maximum atomic E-state index is 5.08. The molecule has 0 radical (unpaired) electrons. The Labute approximate surface area is 185 Å². The van der Waals surface area contributed by atoms with Crippen molar-refractivity contribution in [1.29, 1.82) is 0 Å². The van der Waals surface area contributed by atoms with Gasteiger partial charge in [-0.1, -0.05) is 97.4 Å². The summed E-state index contributed by atoms with van der Waals surface area (Å²) in [6.07, 6.45) is 6.41. The third-order valence-electron chi connectivity index (χ3n) is 6.67. The quantitative estimate of drug-likeness (QED) is 0.380. The molecule has 0 bridgehead atoms. The molecule has 5 rings (SSSR count). The molecule has 0 saturated heterocycles. The Morgan fingerprint density at radius 2 is 1.42 bits per heavy atom. The first-order chi connectivity index (χ1) is 15.3. The van der Waals surface area contributed by atoms with E-state index in [0.29, 0.717) is 12.0 Å². The number of nitrogens with zero attached hydrogens (tertiary/aromatic N) is 3. The summed E-state index contributed by atoms with van der Waals surface area (Å²) in [5.74, 6) is 1.51. The van der Waals surface area contributed by atoms with Crippen LogP contribution in [0.25, 0.3) is 5.69 Å². The van der Waals surface area contributed by atoms with Gasteiger partial charge in [-0.25, -0.2) is 4.57 Å². The molecular formula is C28H30N3+. The third kappa shape index (κ3) is 3.59. The number of fused-ring (bicyclic) bond motifs is 1. The van der Waals surface area contributed by atoms with Crippen molar-refractivity contribution in [1.82, 2.24) is 9.78 Å². The predicted molar refractivity (Wildman–Crippen MR) is 125 cm³/mol. The average Bonchev–Trinajstić information content (AvgIpc) is 3.42. The third-order valence-corrected chi connectivity index (χ3v) is 6.67. The van der Waals surface area contributed by atoms with Gasteiger partial charge in [0.15, 0.2) is 0 Å². The number of hydrogen-bond donors (Lipinski definition) is 0. The van der Waals surface area contributed by atoms with Gasteiger partial charge in [0.25, 0.3) is 5.82 Å². The van der Waals surface area contributed by atoms with Crippen molar-refractivity contribution in [2.45, 2.75) is 51.5 Å². The fourth-order valence-corrected chi connectivity index (χ4v) is 5.16. The molecule has 0 saturated carbocycles. The lowest BCUT2D eigenvalue weighted by Gasteiger charge is -2.23. The minimum atomic E-state index is 0.318. The molecule has 0 fully saturated rings. The zero-order chi connectivity index (χ0) is 21.2. The Kier molecular flexibility index (Phi) is 5.42. The van der Waals surface area contributed by atoms with Crippen LogP contribution in [0.4, 0.5) is 0 Å². The summed E-state index contributed by atoms with van der Waals surface area (Å²) in [6.45, 7) is 4.46. The number of benzene rings is 3. The predicted octanol–water partition coefficient (Wildman–Crippen LogP) is 5.60. The highest BCUT2D eigenvalue weighted by Crippen LogP contribution is 2.37. The maximum Gasteiger partial charge on any atom is 0.278 e.